The van der Waals surface area contributed by atoms with Gasteiger partial charge in [0.05, 0.1) is 11.7 Å². The number of carbonyl (C=O) groups excluding carboxylic acids is 1. The second-order valence-electron chi connectivity index (χ2n) is 7.86. The molecule has 0 heterocycles. The molecule has 0 spiro atoms. The lowest BCUT2D eigenvalue weighted by Gasteiger charge is -2.47. The van der Waals surface area contributed by atoms with E-state index < -0.39 is 8.32 Å². The number of ketones is 1. The van der Waals surface area contributed by atoms with Crippen molar-refractivity contribution in [2.45, 2.75) is 97.7 Å². The quantitative estimate of drug-likeness (QED) is 0.470. The van der Waals surface area contributed by atoms with Crippen molar-refractivity contribution >= 4 is 14.1 Å². The Balaban J connectivity index is 3.14. The monoisotopic (exact) mass is 324 g/mol. The summed E-state index contributed by atoms with van der Waals surface area (Å²) in [6.45, 7) is 17.8. The number of hydrogen-bond acceptors (Lipinski definition) is 2. The van der Waals surface area contributed by atoms with Gasteiger partial charge in [0.1, 0.15) is 5.78 Å². The second kappa shape index (κ2) is 7.81. The van der Waals surface area contributed by atoms with Gasteiger partial charge in [-0.05, 0) is 48.4 Å². The molecule has 0 saturated carbocycles. The molecule has 0 amide bonds. The normalized spacial score (nSPS) is 19.1. The average Bonchev–Trinajstić information content (AvgIpc) is 2.36. The van der Waals surface area contributed by atoms with E-state index in [0.717, 1.165) is 18.6 Å². The molecule has 2 nitrogen and oxygen atoms in total. The van der Waals surface area contributed by atoms with Crippen molar-refractivity contribution in [1.82, 2.24) is 0 Å². The fraction of sp³-hybridized carbons (Fsp3) is 0.842. The number of unbranched alkanes of at least 4 members (excludes halogenated alkanes) is 1. The van der Waals surface area contributed by atoms with E-state index in [4.69, 9.17) is 4.43 Å². The zero-order valence-electron chi connectivity index (χ0n) is 16.0. The van der Waals surface area contributed by atoms with E-state index in [9.17, 15) is 4.79 Å². The number of rotatable bonds is 9. The van der Waals surface area contributed by atoms with Crippen LogP contribution in [0.3, 0.4) is 0 Å². The molecule has 0 bridgehead atoms. The summed E-state index contributed by atoms with van der Waals surface area (Å²) < 4.78 is 6.84. The molecule has 0 fully saturated rings. The molecule has 0 saturated heterocycles. The summed E-state index contributed by atoms with van der Waals surface area (Å²) in [5, 5.41) is 0. The average molecular weight is 325 g/mol. The molecule has 0 N–H and O–H groups in total. The van der Waals surface area contributed by atoms with Gasteiger partial charge in [0.2, 0.25) is 0 Å². The summed E-state index contributed by atoms with van der Waals surface area (Å²) in [6.07, 6.45) is 4.44. The first-order chi connectivity index (χ1) is 10.2. The number of allylic oxidation sites excluding steroid dienone is 2. The molecular formula is C19H36O2Si. The molecule has 0 aromatic rings. The zero-order chi connectivity index (χ0) is 17.1. The highest BCUT2D eigenvalue weighted by Crippen LogP contribution is 2.49. The van der Waals surface area contributed by atoms with Crippen LogP contribution in [0.25, 0.3) is 0 Å². The summed E-state index contributed by atoms with van der Waals surface area (Å²) in [5.41, 5.74) is 3.09. The van der Waals surface area contributed by atoms with Crippen molar-refractivity contribution in [2.75, 3.05) is 0 Å². The van der Waals surface area contributed by atoms with Gasteiger partial charge in [0.25, 0.3) is 8.32 Å². The van der Waals surface area contributed by atoms with Crippen molar-refractivity contribution in [3.63, 3.8) is 0 Å². The largest absolute Gasteiger partial charge is 0.545 e. The fourth-order valence-corrected chi connectivity index (χ4v) is 9.56. The lowest BCUT2D eigenvalue weighted by Crippen LogP contribution is -2.49. The van der Waals surface area contributed by atoms with Crippen LogP contribution in [0, 0.1) is 5.92 Å². The zero-order valence-corrected chi connectivity index (χ0v) is 17.0. The molecule has 0 aromatic carbocycles. The van der Waals surface area contributed by atoms with Gasteiger partial charge in [-0.3, -0.25) is 4.79 Å². The Kier molecular flexibility index (Phi) is 6.91. The van der Waals surface area contributed by atoms with E-state index in [1.807, 2.05) is 0 Å². The van der Waals surface area contributed by atoms with E-state index in [2.05, 4.69) is 48.5 Å². The van der Waals surface area contributed by atoms with Gasteiger partial charge in [-0.25, -0.2) is 0 Å². The summed E-state index contributed by atoms with van der Waals surface area (Å²) in [4.78, 5) is 12.0. The molecule has 0 aromatic heterocycles. The van der Waals surface area contributed by atoms with Crippen LogP contribution in [0.5, 0.6) is 0 Å². The predicted molar refractivity (Wildman–Crippen MR) is 97.5 cm³/mol. The van der Waals surface area contributed by atoms with Crippen LogP contribution >= 0.6 is 0 Å². The van der Waals surface area contributed by atoms with Crippen LogP contribution in [0.15, 0.2) is 11.3 Å². The number of hydrogen-bond donors (Lipinski definition) is 0. The van der Waals surface area contributed by atoms with Crippen LogP contribution in [0.4, 0.5) is 0 Å². The first-order valence-corrected chi connectivity index (χ1v) is 11.2. The third kappa shape index (κ3) is 3.66. The van der Waals surface area contributed by atoms with Crippen LogP contribution in [-0.4, -0.2) is 14.1 Å². The first-order valence-electron chi connectivity index (χ1n) is 9.09. The van der Waals surface area contributed by atoms with Gasteiger partial charge in [-0.15, -0.1) is 0 Å². The molecule has 0 aliphatic heterocycles. The van der Waals surface area contributed by atoms with E-state index >= 15 is 0 Å². The van der Waals surface area contributed by atoms with Crippen LogP contribution < -0.4 is 0 Å². The smallest absolute Gasteiger partial charge is 0.258 e. The second-order valence-corrected chi connectivity index (χ2v) is 13.2. The van der Waals surface area contributed by atoms with Crippen molar-refractivity contribution in [2.24, 2.45) is 5.92 Å². The number of carbonyl (C=O) groups is 1. The summed E-state index contributed by atoms with van der Waals surface area (Å²) in [6, 6.07) is 0. The number of Topliss-reactive ketones (excluding diaryl/α,β-unsaturated/α-hetero) is 1. The standard InChI is InChI=1S/C19H36O2Si/c1-9-10-11-17-12-18(16(8)20)19(17)21-22(13(2)3,14(4)5)15(6)7/h13-15,18H,9-12H2,1-8H3. The van der Waals surface area contributed by atoms with E-state index in [-0.39, 0.29) is 11.7 Å². The third-order valence-electron chi connectivity index (χ3n) is 5.43. The highest BCUT2D eigenvalue weighted by molar-refractivity contribution is 6.77. The Hall–Kier alpha value is -0.573. The maximum atomic E-state index is 12.0. The van der Waals surface area contributed by atoms with Crippen molar-refractivity contribution in [1.29, 1.82) is 0 Å². The molecule has 1 rings (SSSR count). The van der Waals surface area contributed by atoms with Gasteiger partial charge < -0.3 is 4.43 Å². The predicted octanol–water partition coefficient (Wildman–Crippen LogP) is 6.23. The molecule has 128 valence electrons. The Bertz CT molecular complexity index is 399. The van der Waals surface area contributed by atoms with E-state index in [0.29, 0.717) is 16.6 Å². The molecular weight excluding hydrogens is 288 g/mol. The molecule has 1 atom stereocenters. The maximum absolute atomic E-state index is 12.0. The highest BCUT2D eigenvalue weighted by Gasteiger charge is 2.50. The van der Waals surface area contributed by atoms with Gasteiger partial charge in [0.15, 0.2) is 0 Å². The summed E-state index contributed by atoms with van der Waals surface area (Å²) in [7, 11) is -1.94. The molecule has 22 heavy (non-hydrogen) atoms. The van der Waals surface area contributed by atoms with Crippen molar-refractivity contribution in [3.8, 4) is 0 Å². The lowest BCUT2D eigenvalue weighted by atomic mass is 9.79. The van der Waals surface area contributed by atoms with E-state index in [1.165, 1.54) is 18.4 Å². The molecule has 1 unspecified atom stereocenters. The van der Waals surface area contributed by atoms with Gasteiger partial charge >= 0.3 is 0 Å². The SMILES string of the molecule is CCCCC1=C(O[Si](C(C)C)(C(C)C)C(C)C)C(C(C)=O)C1. The van der Waals surface area contributed by atoms with Crippen LogP contribution in [0.2, 0.25) is 16.6 Å². The van der Waals surface area contributed by atoms with Gasteiger partial charge in [-0.2, -0.15) is 0 Å². The Morgan fingerprint density at radius 2 is 1.64 bits per heavy atom. The summed E-state index contributed by atoms with van der Waals surface area (Å²) in [5.74, 6) is 1.38. The van der Waals surface area contributed by atoms with Gasteiger partial charge in [-0.1, -0.05) is 54.9 Å². The Labute approximate surface area is 138 Å². The summed E-state index contributed by atoms with van der Waals surface area (Å²) >= 11 is 0. The maximum Gasteiger partial charge on any atom is 0.258 e. The Morgan fingerprint density at radius 1 is 1.14 bits per heavy atom. The minimum atomic E-state index is -1.94. The van der Waals surface area contributed by atoms with Crippen molar-refractivity contribution in [3.05, 3.63) is 11.3 Å². The molecule has 3 heteroatoms. The van der Waals surface area contributed by atoms with Gasteiger partial charge in [0, 0.05) is 0 Å². The minimum Gasteiger partial charge on any atom is -0.545 e. The van der Waals surface area contributed by atoms with Crippen LogP contribution in [0.1, 0.15) is 81.1 Å². The third-order valence-corrected chi connectivity index (χ3v) is 11.4. The minimum absolute atomic E-state index is 0.0370. The van der Waals surface area contributed by atoms with E-state index in [1.54, 1.807) is 6.92 Å². The lowest BCUT2D eigenvalue weighted by molar-refractivity contribution is -0.121. The van der Waals surface area contributed by atoms with Crippen molar-refractivity contribution < 1.29 is 9.22 Å². The first kappa shape index (κ1) is 19.5. The highest BCUT2D eigenvalue weighted by atomic mass is 28.4. The molecule has 1 aliphatic rings. The topological polar surface area (TPSA) is 26.3 Å². The van der Waals surface area contributed by atoms with Crippen LogP contribution in [-0.2, 0) is 9.22 Å². The fourth-order valence-electron chi connectivity index (χ4n) is 4.19. The molecule has 1 aliphatic carbocycles. The Morgan fingerprint density at radius 3 is 2.00 bits per heavy atom. The molecule has 0 radical (unpaired) electrons.